The van der Waals surface area contributed by atoms with E-state index in [1.165, 1.54) is 11.0 Å². The van der Waals surface area contributed by atoms with Gasteiger partial charge in [0.2, 0.25) is 5.91 Å². The Kier molecular flexibility index (Phi) is 8.57. The number of nitrogens with zero attached hydrogens (tertiary/aromatic N) is 5. The van der Waals surface area contributed by atoms with Gasteiger partial charge in [-0.1, -0.05) is 29.2 Å². The molecular weight excluding hydrogens is 498 g/mol. The smallest absolute Gasteiger partial charge is 0.265 e. The molecule has 3 aromatic rings. The summed E-state index contributed by atoms with van der Waals surface area (Å²) in [5.41, 5.74) is 0.540. The Labute approximate surface area is 209 Å². The molecular formula is C22H24F2N6O3S2. The second-order valence-electron chi connectivity index (χ2n) is 7.54. The summed E-state index contributed by atoms with van der Waals surface area (Å²) < 4.78 is 34.5. The highest BCUT2D eigenvalue weighted by molar-refractivity contribution is 7.99. The van der Waals surface area contributed by atoms with Crippen molar-refractivity contribution in [2.24, 2.45) is 0 Å². The van der Waals surface area contributed by atoms with Crippen molar-refractivity contribution in [1.82, 2.24) is 24.6 Å². The summed E-state index contributed by atoms with van der Waals surface area (Å²) in [7, 11) is 3.29. The number of carbonyl (C=O) groups is 2. The average Bonchev–Trinajstić information content (AvgIpc) is 3.36. The zero-order valence-electron chi connectivity index (χ0n) is 19.5. The van der Waals surface area contributed by atoms with Crippen LogP contribution < -0.4 is 10.1 Å². The molecule has 0 aliphatic heterocycles. The largest absolute Gasteiger partial charge is 0.480 e. The first-order valence-corrected chi connectivity index (χ1v) is 12.2. The van der Waals surface area contributed by atoms with E-state index in [0.717, 1.165) is 35.2 Å². The second-order valence-corrected chi connectivity index (χ2v) is 9.49. The van der Waals surface area contributed by atoms with Crippen LogP contribution in [0, 0.1) is 18.6 Å². The number of allylic oxidation sites excluding steroid dienone is 1. The lowest BCUT2D eigenvalue weighted by molar-refractivity contribution is -0.113. The first-order valence-electron chi connectivity index (χ1n) is 10.4. The molecule has 2 aromatic heterocycles. The van der Waals surface area contributed by atoms with Crippen LogP contribution in [0.1, 0.15) is 34.2 Å². The van der Waals surface area contributed by atoms with Gasteiger partial charge < -0.3 is 15.0 Å². The van der Waals surface area contributed by atoms with Gasteiger partial charge in [0, 0.05) is 26.7 Å². The summed E-state index contributed by atoms with van der Waals surface area (Å²) in [5.74, 6) is -1.78. The topological polar surface area (TPSA) is 102 Å². The molecule has 0 fully saturated rings. The quantitative estimate of drug-likeness (QED) is 0.316. The minimum absolute atomic E-state index is 0.00664. The zero-order valence-corrected chi connectivity index (χ0v) is 21.2. The van der Waals surface area contributed by atoms with Gasteiger partial charge in [-0.3, -0.25) is 14.2 Å². The summed E-state index contributed by atoms with van der Waals surface area (Å²) in [6, 6.07) is 3.04. The predicted molar refractivity (Wildman–Crippen MR) is 130 cm³/mol. The average molecular weight is 523 g/mol. The molecule has 0 spiro atoms. The number of anilines is 1. The Morgan fingerprint density at radius 1 is 1.34 bits per heavy atom. The van der Waals surface area contributed by atoms with Crippen LogP contribution in [0.3, 0.4) is 0 Å². The number of benzene rings is 1. The molecule has 0 saturated carbocycles. The molecule has 9 nitrogen and oxygen atoms in total. The molecule has 0 aliphatic carbocycles. The number of ether oxygens (including phenoxy) is 1. The van der Waals surface area contributed by atoms with Gasteiger partial charge in [-0.2, -0.15) is 0 Å². The maximum atomic E-state index is 14.0. The highest BCUT2D eigenvalue weighted by Crippen LogP contribution is 2.28. The SMILES string of the molecule is C=CCn1c(SCC(=O)Nc2nc(C)c(C(=O)N(C)C)s2)nnc1C(C)Oc1ccc(F)cc1F. The lowest BCUT2D eigenvalue weighted by atomic mass is 10.3. The molecule has 0 bridgehead atoms. The van der Waals surface area contributed by atoms with Crippen molar-refractivity contribution in [3.8, 4) is 5.75 Å². The third kappa shape index (κ3) is 6.42. The van der Waals surface area contributed by atoms with Crippen molar-refractivity contribution in [1.29, 1.82) is 0 Å². The van der Waals surface area contributed by atoms with E-state index >= 15 is 0 Å². The summed E-state index contributed by atoms with van der Waals surface area (Å²) in [6.45, 7) is 7.42. The first-order chi connectivity index (χ1) is 16.6. The fourth-order valence-electron chi connectivity index (χ4n) is 2.96. The lowest BCUT2D eigenvalue weighted by Gasteiger charge is -2.16. The first kappa shape index (κ1) is 26.3. The molecule has 1 N–H and O–H groups in total. The number of rotatable bonds is 10. The molecule has 2 heterocycles. The number of carbonyl (C=O) groups excluding carboxylic acids is 2. The van der Waals surface area contributed by atoms with Crippen LogP contribution in [-0.2, 0) is 11.3 Å². The summed E-state index contributed by atoms with van der Waals surface area (Å²) >= 11 is 2.25. The number of thioether (sulfide) groups is 1. The number of hydrogen-bond acceptors (Lipinski definition) is 8. The number of amides is 2. The molecule has 0 saturated heterocycles. The lowest BCUT2D eigenvalue weighted by Crippen LogP contribution is -2.21. The third-order valence-electron chi connectivity index (χ3n) is 4.59. The fourth-order valence-corrected chi connectivity index (χ4v) is 4.72. The number of nitrogens with one attached hydrogen (secondary N) is 1. The van der Waals surface area contributed by atoms with Gasteiger partial charge in [-0.15, -0.1) is 16.8 Å². The monoisotopic (exact) mass is 522 g/mol. The van der Waals surface area contributed by atoms with Gasteiger partial charge in [0.25, 0.3) is 5.91 Å². The van der Waals surface area contributed by atoms with Crippen molar-refractivity contribution in [2.75, 3.05) is 25.2 Å². The van der Waals surface area contributed by atoms with Crippen molar-refractivity contribution in [3.05, 3.63) is 58.9 Å². The highest BCUT2D eigenvalue weighted by Gasteiger charge is 2.22. The zero-order chi connectivity index (χ0) is 25.7. The highest BCUT2D eigenvalue weighted by atomic mass is 32.2. The Balaban J connectivity index is 1.67. The van der Waals surface area contributed by atoms with E-state index in [4.69, 9.17) is 4.74 Å². The molecule has 1 aromatic carbocycles. The Hall–Kier alpha value is -3.32. The number of halogens is 2. The van der Waals surface area contributed by atoms with E-state index in [9.17, 15) is 18.4 Å². The maximum absolute atomic E-state index is 14.0. The van der Waals surface area contributed by atoms with Crippen molar-refractivity contribution >= 4 is 40.0 Å². The number of thiazole rings is 1. The predicted octanol–water partition coefficient (Wildman–Crippen LogP) is 4.08. The van der Waals surface area contributed by atoms with Gasteiger partial charge in [0.1, 0.15) is 10.7 Å². The molecule has 1 unspecified atom stereocenters. The van der Waals surface area contributed by atoms with E-state index in [0.29, 0.717) is 33.2 Å². The van der Waals surface area contributed by atoms with E-state index in [2.05, 4.69) is 27.1 Å². The molecule has 186 valence electrons. The van der Waals surface area contributed by atoms with Crippen LogP contribution in [0.15, 0.2) is 36.0 Å². The molecule has 35 heavy (non-hydrogen) atoms. The van der Waals surface area contributed by atoms with Crippen LogP contribution in [0.2, 0.25) is 0 Å². The molecule has 13 heteroatoms. The number of aromatic nitrogens is 4. The molecule has 1 atom stereocenters. The van der Waals surface area contributed by atoms with Crippen molar-refractivity contribution in [2.45, 2.75) is 31.7 Å². The van der Waals surface area contributed by atoms with Crippen LogP contribution >= 0.6 is 23.1 Å². The normalized spacial score (nSPS) is 11.7. The molecule has 2 amide bonds. The van der Waals surface area contributed by atoms with Crippen LogP contribution in [0.4, 0.5) is 13.9 Å². The Bertz CT molecular complexity index is 1240. The second kappa shape index (κ2) is 11.4. The minimum Gasteiger partial charge on any atom is -0.480 e. The minimum atomic E-state index is -0.828. The number of aryl methyl sites for hydroxylation is 1. The van der Waals surface area contributed by atoms with Gasteiger partial charge >= 0.3 is 0 Å². The summed E-state index contributed by atoms with van der Waals surface area (Å²) in [4.78, 5) is 30.8. The van der Waals surface area contributed by atoms with Gasteiger partial charge in [-0.25, -0.2) is 13.8 Å². The van der Waals surface area contributed by atoms with E-state index in [-0.39, 0.29) is 23.3 Å². The van der Waals surface area contributed by atoms with Crippen LogP contribution in [0.5, 0.6) is 5.75 Å². The van der Waals surface area contributed by atoms with Crippen molar-refractivity contribution < 1.29 is 23.1 Å². The van der Waals surface area contributed by atoms with Crippen LogP contribution in [0.25, 0.3) is 0 Å². The Morgan fingerprint density at radius 2 is 2.09 bits per heavy atom. The summed E-state index contributed by atoms with van der Waals surface area (Å²) in [5, 5.41) is 11.7. The number of hydrogen-bond donors (Lipinski definition) is 1. The van der Waals surface area contributed by atoms with Crippen LogP contribution in [-0.4, -0.2) is 56.3 Å². The van der Waals surface area contributed by atoms with Gasteiger partial charge in [-0.05, 0) is 26.0 Å². The van der Waals surface area contributed by atoms with Gasteiger partial charge in [0.05, 0.1) is 11.4 Å². The Morgan fingerprint density at radius 3 is 2.74 bits per heavy atom. The van der Waals surface area contributed by atoms with Gasteiger partial charge in [0.15, 0.2) is 33.8 Å². The fraction of sp³-hybridized carbons (Fsp3) is 0.318. The molecule has 3 rings (SSSR count). The third-order valence-corrected chi connectivity index (χ3v) is 6.62. The molecule has 0 aliphatic rings. The van der Waals surface area contributed by atoms with Crippen molar-refractivity contribution in [3.63, 3.8) is 0 Å². The maximum Gasteiger partial charge on any atom is 0.265 e. The molecule has 0 radical (unpaired) electrons. The van der Waals surface area contributed by atoms with E-state index < -0.39 is 17.7 Å². The van der Waals surface area contributed by atoms with E-state index in [1.54, 1.807) is 38.6 Å². The summed E-state index contributed by atoms with van der Waals surface area (Å²) in [6.07, 6.45) is 0.917. The van der Waals surface area contributed by atoms with E-state index in [1.807, 2.05) is 0 Å². The standard InChI is InChI=1S/C22H24F2N6O3S2/c1-6-9-30-19(13(3)33-16-8-7-14(23)10-15(16)24)27-28-22(30)34-11-17(31)26-21-25-12(2)18(35-21)20(32)29(4)5/h6-8,10,13H,1,9,11H2,2-5H3,(H,25,26,31).